The summed E-state index contributed by atoms with van der Waals surface area (Å²) in [5.41, 5.74) is 6.30. The minimum Gasteiger partial charge on any atom is -0.368 e. The summed E-state index contributed by atoms with van der Waals surface area (Å²) in [6.07, 6.45) is 2.15. The molecule has 0 radical (unpaired) electrons. The molecule has 0 spiro atoms. The van der Waals surface area contributed by atoms with Gasteiger partial charge >= 0.3 is 0 Å². The molecule has 1 aliphatic carbocycles. The highest BCUT2D eigenvalue weighted by atomic mass is 35.5. The van der Waals surface area contributed by atoms with Gasteiger partial charge in [0.25, 0.3) is 0 Å². The average Bonchev–Trinajstić information content (AvgIpc) is 3.16. The molecule has 1 fully saturated rings. The summed E-state index contributed by atoms with van der Waals surface area (Å²) in [6.45, 7) is 0. The van der Waals surface area contributed by atoms with E-state index >= 15 is 0 Å². The molecule has 0 amide bonds. The van der Waals surface area contributed by atoms with Crippen LogP contribution in [0.25, 0.3) is 11.4 Å². The maximum atomic E-state index is 13.1. The largest absolute Gasteiger partial charge is 0.368 e. The number of hydrogen-bond acceptors (Lipinski definition) is 4. The number of anilines is 1. The molecule has 0 aliphatic heterocycles. The summed E-state index contributed by atoms with van der Waals surface area (Å²) < 4.78 is 13.1. The van der Waals surface area contributed by atoms with Crippen LogP contribution in [-0.4, -0.2) is 15.0 Å². The van der Waals surface area contributed by atoms with Gasteiger partial charge in [0.05, 0.1) is 5.02 Å². The van der Waals surface area contributed by atoms with E-state index in [1.54, 1.807) is 6.07 Å². The molecule has 6 heteroatoms. The van der Waals surface area contributed by atoms with Crippen LogP contribution in [0.5, 0.6) is 0 Å². The normalized spacial score (nSPS) is 14.8. The third-order valence-electron chi connectivity index (χ3n) is 2.79. The molecule has 1 aliphatic rings. The molecule has 2 aromatic rings. The highest BCUT2D eigenvalue weighted by Crippen LogP contribution is 2.38. The van der Waals surface area contributed by atoms with Crippen molar-refractivity contribution < 1.29 is 4.39 Å². The van der Waals surface area contributed by atoms with Crippen LogP contribution in [0.2, 0.25) is 5.02 Å². The van der Waals surface area contributed by atoms with Crippen molar-refractivity contribution in [3.05, 3.63) is 34.9 Å². The van der Waals surface area contributed by atoms with E-state index in [0.717, 1.165) is 12.8 Å². The Morgan fingerprint density at radius 1 is 1.22 bits per heavy atom. The molecular formula is C12H10ClFN4. The van der Waals surface area contributed by atoms with Crippen molar-refractivity contribution in [1.82, 2.24) is 15.0 Å². The number of benzene rings is 1. The highest BCUT2D eigenvalue weighted by molar-refractivity contribution is 6.31. The molecule has 0 atom stereocenters. The van der Waals surface area contributed by atoms with Gasteiger partial charge in [-0.3, -0.25) is 0 Å². The Morgan fingerprint density at radius 2 is 2.00 bits per heavy atom. The van der Waals surface area contributed by atoms with E-state index in [9.17, 15) is 4.39 Å². The lowest BCUT2D eigenvalue weighted by molar-refractivity contribution is 0.628. The zero-order valence-electron chi connectivity index (χ0n) is 9.40. The van der Waals surface area contributed by atoms with Crippen molar-refractivity contribution in [3.63, 3.8) is 0 Å². The van der Waals surface area contributed by atoms with Crippen molar-refractivity contribution in [2.45, 2.75) is 18.8 Å². The number of nitrogen functional groups attached to an aromatic ring is 1. The molecule has 4 nitrogen and oxygen atoms in total. The van der Waals surface area contributed by atoms with E-state index in [1.165, 1.54) is 12.1 Å². The summed E-state index contributed by atoms with van der Waals surface area (Å²) in [6, 6.07) is 4.35. The van der Waals surface area contributed by atoms with E-state index in [-0.39, 0.29) is 11.0 Å². The molecule has 1 saturated carbocycles. The van der Waals surface area contributed by atoms with Gasteiger partial charge in [-0.25, -0.2) is 9.37 Å². The average molecular weight is 265 g/mol. The van der Waals surface area contributed by atoms with Crippen LogP contribution in [0.1, 0.15) is 24.6 Å². The fraction of sp³-hybridized carbons (Fsp3) is 0.250. The molecule has 0 bridgehead atoms. The van der Waals surface area contributed by atoms with Gasteiger partial charge in [-0.15, -0.1) is 0 Å². The number of nitrogens with two attached hydrogens (primary N) is 1. The first kappa shape index (κ1) is 11.3. The molecular weight excluding hydrogens is 255 g/mol. The zero-order valence-corrected chi connectivity index (χ0v) is 10.2. The summed E-state index contributed by atoms with van der Waals surface area (Å²) in [5, 5.41) is 0.0412. The molecule has 1 aromatic heterocycles. The van der Waals surface area contributed by atoms with E-state index < -0.39 is 5.82 Å². The van der Waals surface area contributed by atoms with Crippen LogP contribution in [-0.2, 0) is 0 Å². The van der Waals surface area contributed by atoms with Crippen LogP contribution in [0.15, 0.2) is 18.2 Å². The Labute approximate surface area is 108 Å². The van der Waals surface area contributed by atoms with Crippen LogP contribution < -0.4 is 5.73 Å². The van der Waals surface area contributed by atoms with E-state index in [0.29, 0.717) is 23.1 Å². The molecule has 2 N–H and O–H groups in total. The van der Waals surface area contributed by atoms with Crippen molar-refractivity contribution in [1.29, 1.82) is 0 Å². The highest BCUT2D eigenvalue weighted by Gasteiger charge is 2.27. The van der Waals surface area contributed by atoms with E-state index in [4.69, 9.17) is 17.3 Å². The molecule has 92 valence electrons. The second-order valence-corrected chi connectivity index (χ2v) is 4.69. The quantitative estimate of drug-likeness (QED) is 0.906. The molecule has 1 heterocycles. The Balaban J connectivity index is 2.07. The van der Waals surface area contributed by atoms with Crippen LogP contribution in [0, 0.1) is 5.82 Å². The fourth-order valence-electron chi connectivity index (χ4n) is 1.70. The lowest BCUT2D eigenvalue weighted by atomic mass is 10.2. The summed E-state index contributed by atoms with van der Waals surface area (Å²) in [5.74, 6) is 1.24. The second kappa shape index (κ2) is 4.17. The minimum atomic E-state index is -0.468. The monoisotopic (exact) mass is 264 g/mol. The lowest BCUT2D eigenvalue weighted by Gasteiger charge is -2.04. The summed E-state index contributed by atoms with van der Waals surface area (Å²) in [7, 11) is 0. The Kier molecular flexibility index (Phi) is 2.63. The van der Waals surface area contributed by atoms with Crippen molar-refractivity contribution >= 4 is 17.5 Å². The Morgan fingerprint density at radius 3 is 2.67 bits per heavy atom. The first-order valence-corrected chi connectivity index (χ1v) is 5.98. The molecule has 0 unspecified atom stereocenters. The molecule has 1 aromatic carbocycles. The van der Waals surface area contributed by atoms with E-state index in [1.807, 2.05) is 0 Å². The van der Waals surface area contributed by atoms with Crippen LogP contribution >= 0.6 is 11.6 Å². The van der Waals surface area contributed by atoms with Gasteiger partial charge in [-0.1, -0.05) is 11.6 Å². The predicted molar refractivity (Wildman–Crippen MR) is 66.6 cm³/mol. The standard InChI is InChI=1S/C12H10ClFN4/c13-8-5-7(3-4-9(8)14)11-16-10(6-1-2-6)17-12(15)18-11/h3-6H,1-2H2,(H2,15,16,17,18). The molecule has 18 heavy (non-hydrogen) atoms. The first-order valence-electron chi connectivity index (χ1n) is 5.60. The second-order valence-electron chi connectivity index (χ2n) is 4.28. The summed E-state index contributed by atoms with van der Waals surface area (Å²) >= 11 is 5.74. The third kappa shape index (κ3) is 2.13. The number of halogens is 2. The van der Waals surface area contributed by atoms with Crippen LogP contribution in [0.3, 0.4) is 0 Å². The van der Waals surface area contributed by atoms with Crippen molar-refractivity contribution in [2.75, 3.05) is 5.73 Å². The maximum Gasteiger partial charge on any atom is 0.223 e. The predicted octanol–water partition coefficient (Wildman–Crippen LogP) is 2.79. The SMILES string of the molecule is Nc1nc(-c2ccc(F)c(Cl)c2)nc(C2CC2)n1. The van der Waals surface area contributed by atoms with Gasteiger partial charge in [0.1, 0.15) is 11.6 Å². The maximum absolute atomic E-state index is 13.1. The fourth-order valence-corrected chi connectivity index (χ4v) is 1.88. The zero-order chi connectivity index (χ0) is 12.7. The number of rotatable bonds is 2. The van der Waals surface area contributed by atoms with Crippen molar-refractivity contribution in [3.8, 4) is 11.4 Å². The molecule has 3 rings (SSSR count). The molecule has 0 saturated heterocycles. The first-order chi connectivity index (χ1) is 8.63. The van der Waals surface area contributed by atoms with Gasteiger partial charge in [0, 0.05) is 11.5 Å². The smallest absolute Gasteiger partial charge is 0.223 e. The number of nitrogens with zero attached hydrogens (tertiary/aromatic N) is 3. The van der Waals surface area contributed by atoms with Gasteiger partial charge < -0.3 is 5.73 Å². The lowest BCUT2D eigenvalue weighted by Crippen LogP contribution is -2.04. The van der Waals surface area contributed by atoms with Crippen LogP contribution in [0.4, 0.5) is 10.3 Å². The van der Waals surface area contributed by atoms with Gasteiger partial charge in [0.2, 0.25) is 5.95 Å². The number of aromatic nitrogens is 3. The summed E-state index contributed by atoms with van der Waals surface area (Å²) in [4.78, 5) is 12.5. The topological polar surface area (TPSA) is 64.7 Å². The Bertz CT molecular complexity index is 613. The Hall–Kier alpha value is -1.75. The minimum absolute atomic E-state index is 0.0412. The van der Waals surface area contributed by atoms with Gasteiger partial charge in [0.15, 0.2) is 5.82 Å². The van der Waals surface area contributed by atoms with Gasteiger partial charge in [-0.2, -0.15) is 9.97 Å². The third-order valence-corrected chi connectivity index (χ3v) is 3.08. The number of hydrogen-bond donors (Lipinski definition) is 1. The van der Waals surface area contributed by atoms with E-state index in [2.05, 4.69) is 15.0 Å². The van der Waals surface area contributed by atoms with Gasteiger partial charge in [-0.05, 0) is 31.0 Å². The van der Waals surface area contributed by atoms with Crippen molar-refractivity contribution in [2.24, 2.45) is 0 Å².